The minimum absolute atomic E-state index is 0. The third-order valence-corrected chi connectivity index (χ3v) is 2.75. The van der Waals surface area contributed by atoms with Crippen LogP contribution in [-0.2, 0) is 10.1 Å². The van der Waals surface area contributed by atoms with Gasteiger partial charge in [-0.3, -0.25) is 4.98 Å². The summed E-state index contributed by atoms with van der Waals surface area (Å²) in [6, 6.07) is 10.1. The molecule has 0 fully saturated rings. The zero-order valence-electron chi connectivity index (χ0n) is 11.3. The maximum Gasteiger partial charge on any atom is 1.00 e. The van der Waals surface area contributed by atoms with Crippen molar-refractivity contribution >= 4 is 27.2 Å². The van der Waals surface area contributed by atoms with E-state index in [1.165, 1.54) is 0 Å². The first kappa shape index (κ1) is 17.7. The number of nitrogens with zero attached hydrogens (tertiary/aromatic N) is 3. The Kier molecular flexibility index (Phi) is 6.93. The van der Waals surface area contributed by atoms with E-state index in [-0.39, 0.29) is 29.6 Å². The van der Waals surface area contributed by atoms with Gasteiger partial charge in [-0.15, -0.1) is 5.11 Å². The summed E-state index contributed by atoms with van der Waals surface area (Å²) in [4.78, 5) is 3.91. The molecule has 0 saturated carbocycles. The summed E-state index contributed by atoms with van der Waals surface area (Å²) >= 11 is 0. The van der Waals surface area contributed by atoms with Gasteiger partial charge in [-0.05, 0) is 36.4 Å². The van der Waals surface area contributed by atoms with Crippen molar-refractivity contribution in [3.05, 3.63) is 48.8 Å². The number of pyridine rings is 1. The molecule has 2 rings (SSSR count). The summed E-state index contributed by atoms with van der Waals surface area (Å²) in [6.07, 6.45) is 3.22. The fraction of sp³-hybridized carbons (Fsp3) is 0.0833. The summed E-state index contributed by atoms with van der Waals surface area (Å²) in [5.74, 6) is -0.649. The van der Waals surface area contributed by atoms with Gasteiger partial charge in [-0.1, -0.05) is 0 Å². The van der Waals surface area contributed by atoms with Crippen molar-refractivity contribution in [1.82, 2.24) is 4.98 Å². The Hall–Kier alpha value is -1.32. The van der Waals surface area contributed by atoms with Crippen LogP contribution in [0.4, 0.5) is 17.1 Å². The SMILES string of the molecule is O=S(=O)([O-])CNc1ccc(N=Nc2cccnc2)cc1.[Na+]. The van der Waals surface area contributed by atoms with Crippen molar-refractivity contribution < 1.29 is 42.5 Å². The van der Waals surface area contributed by atoms with Crippen molar-refractivity contribution in [3.63, 3.8) is 0 Å². The van der Waals surface area contributed by atoms with Gasteiger partial charge in [-0.2, -0.15) is 5.11 Å². The molecule has 0 spiro atoms. The van der Waals surface area contributed by atoms with E-state index in [2.05, 4.69) is 20.5 Å². The van der Waals surface area contributed by atoms with Crippen LogP contribution in [0.25, 0.3) is 0 Å². The van der Waals surface area contributed by atoms with E-state index in [1.54, 1.807) is 48.8 Å². The van der Waals surface area contributed by atoms with Gasteiger partial charge >= 0.3 is 29.6 Å². The van der Waals surface area contributed by atoms with Gasteiger partial charge in [-0.25, -0.2) is 8.42 Å². The Balaban J connectivity index is 0.00000220. The second kappa shape index (κ2) is 8.20. The summed E-state index contributed by atoms with van der Waals surface area (Å²) < 4.78 is 31.4. The maximum atomic E-state index is 10.5. The van der Waals surface area contributed by atoms with Gasteiger partial charge in [0.25, 0.3) is 0 Å². The minimum Gasteiger partial charge on any atom is -0.747 e. The van der Waals surface area contributed by atoms with E-state index >= 15 is 0 Å². The summed E-state index contributed by atoms with van der Waals surface area (Å²) in [5.41, 5.74) is 1.75. The first-order valence-electron chi connectivity index (χ1n) is 5.62. The molecule has 1 heterocycles. The fourth-order valence-corrected chi connectivity index (χ4v) is 1.69. The van der Waals surface area contributed by atoms with Crippen LogP contribution in [0.1, 0.15) is 0 Å². The Morgan fingerprint density at radius 3 is 2.33 bits per heavy atom. The molecule has 0 aliphatic heterocycles. The number of nitrogens with one attached hydrogen (secondary N) is 1. The molecule has 0 saturated heterocycles. The molecule has 1 N–H and O–H groups in total. The molecule has 9 heteroatoms. The number of rotatable bonds is 5. The van der Waals surface area contributed by atoms with Crippen LogP contribution in [0, 0.1) is 0 Å². The van der Waals surface area contributed by atoms with E-state index in [4.69, 9.17) is 0 Å². The van der Waals surface area contributed by atoms with Crippen molar-refractivity contribution in [3.8, 4) is 0 Å². The molecule has 0 radical (unpaired) electrons. The Morgan fingerprint density at radius 2 is 1.76 bits per heavy atom. The molecule has 0 amide bonds. The molecule has 0 bridgehead atoms. The van der Waals surface area contributed by atoms with Crippen LogP contribution in [0.3, 0.4) is 0 Å². The van der Waals surface area contributed by atoms with Crippen molar-refractivity contribution in [1.29, 1.82) is 0 Å². The van der Waals surface area contributed by atoms with Crippen molar-refractivity contribution in [2.24, 2.45) is 10.2 Å². The monoisotopic (exact) mass is 314 g/mol. The number of benzene rings is 1. The molecule has 1 aromatic carbocycles. The van der Waals surface area contributed by atoms with Gasteiger partial charge in [0, 0.05) is 11.9 Å². The largest absolute Gasteiger partial charge is 1.00 e. The zero-order valence-corrected chi connectivity index (χ0v) is 14.1. The number of anilines is 1. The Labute approximate surface area is 144 Å². The zero-order chi connectivity index (χ0) is 14.4. The average Bonchev–Trinajstić information content (AvgIpc) is 2.44. The quantitative estimate of drug-likeness (QED) is 0.451. The average molecular weight is 314 g/mol. The van der Waals surface area contributed by atoms with Crippen LogP contribution in [0.5, 0.6) is 0 Å². The predicted molar refractivity (Wildman–Crippen MR) is 73.0 cm³/mol. The van der Waals surface area contributed by atoms with Crippen LogP contribution >= 0.6 is 0 Å². The van der Waals surface area contributed by atoms with E-state index in [9.17, 15) is 13.0 Å². The summed E-state index contributed by atoms with van der Waals surface area (Å²) in [7, 11) is -4.29. The van der Waals surface area contributed by atoms with Crippen LogP contribution in [0.15, 0.2) is 59.0 Å². The second-order valence-corrected chi connectivity index (χ2v) is 5.24. The summed E-state index contributed by atoms with van der Waals surface area (Å²) in [6.45, 7) is 0. The molecule has 1 aromatic heterocycles. The van der Waals surface area contributed by atoms with Gasteiger partial charge in [0.05, 0.1) is 11.9 Å². The topological polar surface area (TPSA) is 107 Å². The number of azo groups is 1. The van der Waals surface area contributed by atoms with Gasteiger partial charge in [0.1, 0.15) is 21.7 Å². The smallest absolute Gasteiger partial charge is 0.747 e. The third kappa shape index (κ3) is 6.78. The number of hydrogen-bond donors (Lipinski definition) is 1. The van der Waals surface area contributed by atoms with Crippen molar-refractivity contribution in [2.45, 2.75) is 0 Å². The second-order valence-electron chi connectivity index (χ2n) is 3.84. The molecule has 0 aliphatic carbocycles. The Bertz CT molecular complexity index is 690. The van der Waals surface area contributed by atoms with E-state index in [0.717, 1.165) is 0 Å². The third-order valence-electron chi connectivity index (χ3n) is 2.25. The molecule has 0 aliphatic rings. The molecule has 0 atom stereocenters. The molecule has 0 unspecified atom stereocenters. The molecule has 2 aromatic rings. The molecule has 21 heavy (non-hydrogen) atoms. The molecular formula is C12H11N4NaO3S. The summed E-state index contributed by atoms with van der Waals surface area (Å²) in [5, 5.41) is 10.5. The minimum atomic E-state index is -4.29. The molecule has 104 valence electrons. The molecular weight excluding hydrogens is 303 g/mol. The van der Waals surface area contributed by atoms with Crippen LogP contribution in [0.2, 0.25) is 0 Å². The van der Waals surface area contributed by atoms with Gasteiger partial charge < -0.3 is 9.87 Å². The van der Waals surface area contributed by atoms with Crippen LogP contribution < -0.4 is 34.9 Å². The first-order valence-corrected chi connectivity index (χ1v) is 7.20. The number of hydrogen-bond acceptors (Lipinski definition) is 7. The van der Waals surface area contributed by atoms with Crippen molar-refractivity contribution in [2.75, 3.05) is 11.2 Å². The van der Waals surface area contributed by atoms with E-state index < -0.39 is 16.0 Å². The molecule has 7 nitrogen and oxygen atoms in total. The number of aromatic nitrogens is 1. The maximum absolute atomic E-state index is 10.5. The predicted octanol–water partition coefficient (Wildman–Crippen LogP) is -0.584. The first-order chi connectivity index (χ1) is 9.53. The van der Waals surface area contributed by atoms with E-state index in [0.29, 0.717) is 17.1 Å². The van der Waals surface area contributed by atoms with E-state index in [1.807, 2.05) is 0 Å². The normalized spacial score (nSPS) is 11.1. The van der Waals surface area contributed by atoms with Crippen LogP contribution in [-0.4, -0.2) is 23.8 Å². The fourth-order valence-electron chi connectivity index (χ4n) is 1.35. The Morgan fingerprint density at radius 1 is 1.10 bits per heavy atom. The van der Waals surface area contributed by atoms with Gasteiger partial charge in [0.15, 0.2) is 0 Å². The van der Waals surface area contributed by atoms with Gasteiger partial charge in [0.2, 0.25) is 0 Å². The standard InChI is InChI=1S/C12H12N4O3S.Na/c17-20(18,19)9-14-10-3-5-11(6-4-10)15-16-12-2-1-7-13-8-12;/h1-8,14H,9H2,(H,17,18,19);/q;+1/p-1.